The lowest BCUT2D eigenvalue weighted by atomic mass is 10.2. The van der Waals surface area contributed by atoms with Crippen LogP contribution in [-0.4, -0.2) is 41.0 Å². The van der Waals surface area contributed by atoms with Crippen LogP contribution >= 0.6 is 22.9 Å². The molecule has 1 aromatic carbocycles. The lowest BCUT2D eigenvalue weighted by Gasteiger charge is -2.23. The largest absolute Gasteiger partial charge is 0.495 e. The van der Waals surface area contributed by atoms with Crippen LogP contribution in [0.4, 0.5) is 5.69 Å². The highest BCUT2D eigenvalue weighted by molar-refractivity contribution is 7.17. The van der Waals surface area contributed by atoms with E-state index in [0.717, 1.165) is 0 Å². The number of amides is 1. The Labute approximate surface area is 164 Å². The van der Waals surface area contributed by atoms with Crippen molar-refractivity contribution in [2.24, 2.45) is 0 Å². The molecule has 3 aromatic rings. The van der Waals surface area contributed by atoms with Crippen molar-refractivity contribution in [3.05, 3.63) is 50.8 Å². The van der Waals surface area contributed by atoms with Gasteiger partial charge in [0.25, 0.3) is 5.56 Å². The number of carbonyl (C=O) groups is 1. The third kappa shape index (κ3) is 4.29. The summed E-state index contributed by atoms with van der Waals surface area (Å²) in [6.07, 6.45) is 0. The maximum Gasteiger partial charge on any atom is 0.268 e. The van der Waals surface area contributed by atoms with Crippen LogP contribution in [0, 0.1) is 0 Å². The Hall–Kier alpha value is -2.42. The van der Waals surface area contributed by atoms with E-state index in [9.17, 15) is 9.59 Å². The van der Waals surface area contributed by atoms with Gasteiger partial charge in [-0.05, 0) is 43.6 Å². The molecule has 142 valence electrons. The molecule has 0 fully saturated rings. The first kappa shape index (κ1) is 19.3. The molecule has 1 atom stereocenters. The first-order valence-electron chi connectivity index (χ1n) is 8.20. The second kappa shape index (κ2) is 8.08. The molecule has 2 heterocycles. The van der Waals surface area contributed by atoms with E-state index in [-0.39, 0.29) is 11.5 Å². The van der Waals surface area contributed by atoms with E-state index in [1.165, 1.54) is 18.4 Å². The van der Waals surface area contributed by atoms with E-state index >= 15 is 0 Å². The summed E-state index contributed by atoms with van der Waals surface area (Å²) in [6, 6.07) is 6.34. The number of halogens is 1. The van der Waals surface area contributed by atoms with Crippen molar-refractivity contribution < 1.29 is 9.53 Å². The third-order valence-corrected chi connectivity index (χ3v) is 5.36. The zero-order valence-corrected chi connectivity index (χ0v) is 16.6. The number of benzene rings is 1. The molecular formula is C18H19ClN4O3S. The third-order valence-electron chi connectivity index (χ3n) is 4.22. The maximum absolute atomic E-state index is 12.6. The summed E-state index contributed by atoms with van der Waals surface area (Å²) in [4.78, 5) is 33.7. The van der Waals surface area contributed by atoms with Crippen molar-refractivity contribution in [2.75, 3.05) is 19.5 Å². The van der Waals surface area contributed by atoms with Crippen LogP contribution in [0.3, 0.4) is 0 Å². The molecule has 27 heavy (non-hydrogen) atoms. The molecule has 2 aromatic heterocycles. The minimum atomic E-state index is -0.475. The highest BCUT2D eigenvalue weighted by atomic mass is 35.5. The van der Waals surface area contributed by atoms with Gasteiger partial charge in [0.1, 0.15) is 16.3 Å². The summed E-state index contributed by atoms with van der Waals surface area (Å²) in [7, 11) is 3.31. The van der Waals surface area contributed by atoms with Gasteiger partial charge in [0.2, 0.25) is 5.91 Å². The molecule has 1 amide bonds. The van der Waals surface area contributed by atoms with Crippen LogP contribution in [0.25, 0.3) is 10.2 Å². The molecule has 0 aliphatic carbocycles. The fraction of sp³-hybridized carbons (Fsp3) is 0.278. The molecule has 1 unspecified atom stereocenters. The van der Waals surface area contributed by atoms with E-state index in [1.807, 2.05) is 5.38 Å². The van der Waals surface area contributed by atoms with Crippen molar-refractivity contribution >= 4 is 44.7 Å². The quantitative estimate of drug-likeness (QED) is 0.656. The number of aromatic nitrogens is 2. The molecule has 0 aliphatic heterocycles. The summed E-state index contributed by atoms with van der Waals surface area (Å²) < 4.78 is 5.85. The number of rotatable bonds is 6. The van der Waals surface area contributed by atoms with E-state index in [4.69, 9.17) is 16.3 Å². The number of likely N-dealkylation sites (N-methyl/N-ethyl adjacent to an activating group) is 1. The Morgan fingerprint density at radius 3 is 2.96 bits per heavy atom. The molecule has 0 aliphatic rings. The van der Waals surface area contributed by atoms with Gasteiger partial charge in [-0.1, -0.05) is 11.6 Å². The lowest BCUT2D eigenvalue weighted by Crippen LogP contribution is -2.39. The normalized spacial score (nSPS) is 12.3. The molecule has 0 radical (unpaired) electrons. The number of carbonyl (C=O) groups excluding carboxylic acids is 1. The van der Waals surface area contributed by atoms with Crippen LogP contribution in [0.5, 0.6) is 5.75 Å². The predicted octanol–water partition coefficient (Wildman–Crippen LogP) is 3.11. The Balaban J connectivity index is 1.72. The highest BCUT2D eigenvalue weighted by Crippen LogP contribution is 2.28. The Morgan fingerprint density at radius 1 is 1.44 bits per heavy atom. The van der Waals surface area contributed by atoms with E-state index in [0.29, 0.717) is 39.0 Å². The van der Waals surface area contributed by atoms with Crippen molar-refractivity contribution in [3.8, 4) is 5.75 Å². The molecule has 9 heteroatoms. The minimum Gasteiger partial charge on any atom is -0.495 e. The molecule has 0 spiro atoms. The Bertz CT molecular complexity index is 1030. The molecule has 7 nitrogen and oxygen atoms in total. The van der Waals surface area contributed by atoms with Gasteiger partial charge in [-0.3, -0.25) is 14.5 Å². The number of anilines is 1. The van der Waals surface area contributed by atoms with Gasteiger partial charge in [0.15, 0.2) is 0 Å². The smallest absolute Gasteiger partial charge is 0.268 e. The first-order chi connectivity index (χ1) is 12.9. The number of fused-ring (bicyclic) bond motifs is 1. The van der Waals surface area contributed by atoms with Gasteiger partial charge < -0.3 is 15.0 Å². The summed E-state index contributed by atoms with van der Waals surface area (Å²) in [5, 5.41) is 5.15. The van der Waals surface area contributed by atoms with Gasteiger partial charge in [0, 0.05) is 5.02 Å². The second-order valence-electron chi connectivity index (χ2n) is 6.07. The number of thiophene rings is 1. The Kier molecular flexibility index (Phi) is 5.79. The number of hydrogen-bond donors (Lipinski definition) is 2. The monoisotopic (exact) mass is 406 g/mol. The van der Waals surface area contributed by atoms with E-state index < -0.39 is 6.04 Å². The maximum atomic E-state index is 12.6. The number of nitrogens with zero attached hydrogens (tertiary/aromatic N) is 2. The number of H-pyrrole nitrogens is 1. The number of ether oxygens (including phenoxy) is 1. The zero-order valence-electron chi connectivity index (χ0n) is 15.1. The average Bonchev–Trinajstić information content (AvgIpc) is 3.10. The second-order valence-corrected chi connectivity index (χ2v) is 7.43. The van der Waals surface area contributed by atoms with Gasteiger partial charge >= 0.3 is 0 Å². The Morgan fingerprint density at radius 2 is 2.22 bits per heavy atom. The summed E-state index contributed by atoms with van der Waals surface area (Å²) in [5.74, 6) is 0.807. The lowest BCUT2D eigenvalue weighted by molar-refractivity contribution is -0.120. The van der Waals surface area contributed by atoms with Crippen molar-refractivity contribution in [1.29, 1.82) is 0 Å². The highest BCUT2D eigenvalue weighted by Gasteiger charge is 2.20. The number of aromatic amines is 1. The topological polar surface area (TPSA) is 87.3 Å². The summed E-state index contributed by atoms with van der Waals surface area (Å²) in [5.41, 5.74) is 0.994. The fourth-order valence-electron chi connectivity index (χ4n) is 2.58. The van der Waals surface area contributed by atoms with Gasteiger partial charge in [-0.15, -0.1) is 11.3 Å². The van der Waals surface area contributed by atoms with Gasteiger partial charge in [-0.2, -0.15) is 0 Å². The van der Waals surface area contributed by atoms with E-state index in [1.54, 1.807) is 43.1 Å². The van der Waals surface area contributed by atoms with Crippen LogP contribution in [0.15, 0.2) is 34.4 Å². The molecule has 3 rings (SSSR count). The molecule has 0 bridgehead atoms. The summed E-state index contributed by atoms with van der Waals surface area (Å²) in [6.45, 7) is 2.09. The first-order valence-corrected chi connectivity index (χ1v) is 9.46. The van der Waals surface area contributed by atoms with Crippen LogP contribution in [0.1, 0.15) is 12.7 Å². The van der Waals surface area contributed by atoms with Crippen molar-refractivity contribution in [1.82, 2.24) is 14.9 Å². The number of hydrogen-bond acceptors (Lipinski definition) is 6. The van der Waals surface area contributed by atoms with Gasteiger partial charge in [0.05, 0.1) is 30.9 Å². The SMILES string of the molecule is COc1ccc(Cl)cc1NC(=O)C(C)N(C)Cc1nc2ccsc2c(=O)[nH]1. The molecule has 0 saturated carbocycles. The van der Waals surface area contributed by atoms with Crippen molar-refractivity contribution in [3.63, 3.8) is 0 Å². The molecule has 0 saturated heterocycles. The molecular weight excluding hydrogens is 388 g/mol. The minimum absolute atomic E-state index is 0.167. The number of methoxy groups -OCH3 is 1. The fourth-order valence-corrected chi connectivity index (χ4v) is 3.48. The molecule has 2 N–H and O–H groups in total. The predicted molar refractivity (Wildman–Crippen MR) is 108 cm³/mol. The van der Waals surface area contributed by atoms with Gasteiger partial charge in [-0.25, -0.2) is 4.98 Å². The zero-order chi connectivity index (χ0) is 19.6. The van der Waals surface area contributed by atoms with Crippen LogP contribution < -0.4 is 15.6 Å². The van der Waals surface area contributed by atoms with Crippen LogP contribution in [0.2, 0.25) is 5.02 Å². The summed E-state index contributed by atoms with van der Waals surface area (Å²) >= 11 is 7.35. The van der Waals surface area contributed by atoms with E-state index in [2.05, 4.69) is 15.3 Å². The van der Waals surface area contributed by atoms with Crippen molar-refractivity contribution in [2.45, 2.75) is 19.5 Å². The average molecular weight is 407 g/mol. The standard InChI is InChI=1S/C18H19ClN4O3S/c1-10(17(24)21-13-8-11(19)4-5-14(13)26-3)23(2)9-15-20-12-6-7-27-16(12)18(25)22-15/h4-8,10H,9H2,1-3H3,(H,21,24)(H,20,22,25). The van der Waals surface area contributed by atoms with Crippen LogP contribution in [-0.2, 0) is 11.3 Å². The number of nitrogens with one attached hydrogen (secondary N) is 2.